The van der Waals surface area contributed by atoms with E-state index in [-0.39, 0.29) is 45.1 Å². The monoisotopic (exact) mass is 1410 g/mol. The Morgan fingerprint density at radius 2 is 0.827 bits per heavy atom. The molecule has 3 aromatic heterocycles. The Bertz CT molecular complexity index is 8800. The van der Waals surface area contributed by atoms with Crippen LogP contribution in [0.3, 0.4) is 0 Å². The molecule has 0 aliphatic rings. The predicted molar refractivity (Wildman–Crippen MR) is 436 cm³/mol. The molecule has 15 aromatic carbocycles. The normalized spacial score (nSPS) is 18.7. The van der Waals surface area contributed by atoms with Crippen LogP contribution < -0.4 is 50.8 Å². The van der Waals surface area contributed by atoms with Gasteiger partial charge in [-0.3, -0.25) is 13.7 Å². The van der Waals surface area contributed by atoms with Crippen LogP contribution in [0, 0.1) is 13.2 Å². The zero-order valence-corrected chi connectivity index (χ0v) is 55.2. The molecule has 3 heterocycles. The zero-order valence-electron chi connectivity index (χ0n) is 104. The number of benzene rings is 15. The van der Waals surface area contributed by atoms with Crippen molar-refractivity contribution in [2.24, 2.45) is 0 Å². The van der Waals surface area contributed by atoms with E-state index in [1.165, 1.54) is 42.5 Å². The lowest BCUT2D eigenvalue weighted by atomic mass is 9.95. The van der Waals surface area contributed by atoms with Crippen LogP contribution in [0.2, 0.25) is 0 Å². The van der Waals surface area contributed by atoms with Crippen LogP contribution in [-0.2, 0) is 0 Å². The van der Waals surface area contributed by atoms with Gasteiger partial charge in [-0.15, -0.1) is 0 Å². The van der Waals surface area contributed by atoms with Gasteiger partial charge in [0, 0.05) is 32.7 Å². The molecule has 0 unspecified atom stereocenters. The van der Waals surface area contributed by atoms with E-state index >= 15 is 0 Å². The molecule has 492 valence electrons. The minimum atomic E-state index is -6.76. The van der Waals surface area contributed by atoms with Crippen molar-refractivity contribution in [1.29, 1.82) is 0 Å². The van der Waals surface area contributed by atoms with Gasteiger partial charge >= 0.3 is 0 Å². The molecule has 104 heavy (non-hydrogen) atoms. The zero-order chi connectivity index (χ0) is 114. The molecule has 0 N–H and O–H groups in total. The highest BCUT2D eigenvalue weighted by Gasteiger charge is 2.43. The third-order valence-electron chi connectivity index (χ3n) is 17.3. The van der Waals surface area contributed by atoms with E-state index in [1.807, 2.05) is 0 Å². The van der Waals surface area contributed by atoms with Gasteiger partial charge in [0.05, 0.1) is 99.2 Å². The summed E-state index contributed by atoms with van der Waals surface area (Å²) < 4.78 is 495. The van der Waals surface area contributed by atoms with Crippen molar-refractivity contribution in [2.45, 2.75) is 6.85 Å². The Kier molecular flexibility index (Phi) is 7.60. The van der Waals surface area contributed by atoms with Gasteiger partial charge < -0.3 is 4.74 Å². The molecule has 0 saturated carbocycles. The number of aromatic nitrogens is 4. The van der Waals surface area contributed by atoms with Crippen molar-refractivity contribution in [3.8, 4) is 73.2 Å². The van der Waals surface area contributed by atoms with Crippen LogP contribution in [0.5, 0.6) is 11.5 Å². The molecule has 18 rings (SSSR count). The fourth-order valence-corrected chi connectivity index (χ4v) is 20.0. The number of aryl methyl sites for hydroxylation is 1. The van der Waals surface area contributed by atoms with Gasteiger partial charge in [0.1, 0.15) is 17.3 Å². The van der Waals surface area contributed by atoms with Gasteiger partial charge in [-0.25, -0.2) is 4.98 Å². The van der Waals surface area contributed by atoms with Crippen molar-refractivity contribution in [1.82, 2.24) is 14.1 Å². The number of hydrogen-bond acceptors (Lipinski definition) is 2. The van der Waals surface area contributed by atoms with E-state index in [2.05, 4.69) is 11.3 Å². The van der Waals surface area contributed by atoms with E-state index in [0.717, 1.165) is 51.7 Å². The summed E-state index contributed by atoms with van der Waals surface area (Å²) in [7, 11) is -13.4. The average Bonchev–Trinajstić information content (AvgIpc) is 1.25. The number of imidazole rings is 1. The van der Waals surface area contributed by atoms with Crippen LogP contribution in [0.15, 0.2) is 405 Å². The molecular formula is C97H70N4OSi2. The van der Waals surface area contributed by atoms with Gasteiger partial charge in [-0.1, -0.05) is 345 Å². The lowest BCUT2D eigenvalue weighted by molar-refractivity contribution is -0.571. The largest absolute Gasteiger partial charge is 0.458 e. The molecule has 0 bridgehead atoms. The number of para-hydroxylation sites is 2. The number of nitrogens with zero attached hydrogens (tertiary/aromatic N) is 4. The highest BCUT2D eigenvalue weighted by Crippen LogP contribution is 2.39. The second-order valence-electron chi connectivity index (χ2n) is 22.9. The summed E-state index contributed by atoms with van der Waals surface area (Å²) in [5.74, 6) is -0.246. The fraction of sp³-hybridized carbons (Fsp3) is 0.0103. The maximum atomic E-state index is 11.2. The van der Waals surface area contributed by atoms with Gasteiger partial charge in [0.25, 0.3) is 6.33 Å². The first-order valence-corrected chi connectivity index (χ1v) is 35.4. The van der Waals surface area contributed by atoms with E-state index in [0.29, 0.717) is 16.3 Å². The third-order valence-corrected chi connectivity index (χ3v) is 25.3. The Labute approximate surface area is 680 Å². The molecular weight excluding hydrogens is 1290 g/mol. The van der Waals surface area contributed by atoms with Crippen molar-refractivity contribution in [3.63, 3.8) is 0 Å². The van der Waals surface area contributed by atoms with E-state index in [1.54, 1.807) is 34.9 Å². The van der Waals surface area contributed by atoms with Crippen LogP contribution in [-0.4, -0.2) is 30.3 Å². The first-order chi connectivity index (χ1) is 72.6. The Morgan fingerprint density at radius 1 is 0.365 bits per heavy atom. The maximum absolute atomic E-state index is 11.2. The van der Waals surface area contributed by atoms with Crippen molar-refractivity contribution in [2.75, 3.05) is 0 Å². The second-order valence-corrected chi connectivity index (χ2v) is 29.9. The predicted octanol–water partition coefficient (Wildman–Crippen LogP) is 17.7. The Balaban J connectivity index is 0.998. The number of pyridine rings is 1. The minimum absolute atomic E-state index is 0.0244. The molecule has 0 radical (unpaired) electrons. The quantitative estimate of drug-likeness (QED) is 0.0394. The second kappa shape index (κ2) is 27.1. The van der Waals surface area contributed by atoms with E-state index in [9.17, 15) is 49.3 Å². The molecule has 0 aliphatic carbocycles. The van der Waals surface area contributed by atoms with Gasteiger partial charge in [0.2, 0.25) is 0 Å². The number of ether oxygens (including phenoxy) is 1. The van der Waals surface area contributed by atoms with Crippen molar-refractivity contribution < 1.29 is 79.2 Å². The molecule has 0 saturated heterocycles. The molecule has 7 heteroatoms. The first kappa shape index (κ1) is 29.1. The molecule has 0 aliphatic heterocycles. The summed E-state index contributed by atoms with van der Waals surface area (Å²) in [6, 6.07) is -33.8. The summed E-state index contributed by atoms with van der Waals surface area (Å²) >= 11 is 0. The van der Waals surface area contributed by atoms with Gasteiger partial charge in [0.15, 0.2) is 16.1 Å². The summed E-state index contributed by atoms with van der Waals surface area (Å²) in [4.78, 5) is 4.68. The number of hydrogen-bond donors (Lipinski definition) is 0. The molecule has 0 spiro atoms. The highest BCUT2D eigenvalue weighted by atomic mass is 28.3. The Hall–Kier alpha value is -13.0. The summed E-state index contributed by atoms with van der Waals surface area (Å²) in [6.07, 6.45) is 4.25. The van der Waals surface area contributed by atoms with Crippen LogP contribution in [0.25, 0.3) is 94.5 Å². The van der Waals surface area contributed by atoms with Crippen LogP contribution >= 0.6 is 0 Å². The highest BCUT2D eigenvalue weighted by molar-refractivity contribution is 7.20. The van der Waals surface area contributed by atoms with Gasteiger partial charge in [-0.2, -0.15) is 0 Å². The summed E-state index contributed by atoms with van der Waals surface area (Å²) in [5.41, 5.74) is -6.76. The lowest BCUT2D eigenvalue weighted by Crippen LogP contribution is -2.74. The molecule has 5 nitrogen and oxygen atoms in total. The summed E-state index contributed by atoms with van der Waals surface area (Å²) in [6.45, 7) is -3.06. The third kappa shape index (κ3) is 11.1. The molecule has 0 fully saturated rings. The van der Waals surface area contributed by atoms with E-state index in [4.69, 9.17) is 25.3 Å². The van der Waals surface area contributed by atoms with Crippen LogP contribution in [0.1, 0.15) is 75.5 Å². The van der Waals surface area contributed by atoms with Crippen molar-refractivity contribution in [3.05, 3.63) is 417 Å². The topological polar surface area (TPSA) is 35.9 Å². The standard InChI is InChI=1S/C97H70N4OSi2/c1-70-62-96(98-68-91(70)72-34-12-3-13-35-72)101-92-57-27-26-54-89(92)90-60-59-78(67-94(90)101)102-77-39-30-38-76(66-77)99-69-100(93-61-58-74(65-95(93)99)73-36-28-52-85(63-73)103(79-40-14-4-15-41-79,80-42-16-5-17-43-80)81-44-18-6-19-45-81)97-87(71-32-10-2-11-33-71)55-31-56-88(97)75-37-29-53-86(64-75)104(82-46-20-7-21-47-82,83-48-22-8-23-49-83)84-50-24-9-25-51-84/h2-68H,1H3/i1D3,2D,3D,4D,5D,6D,7D,8D,9D,10D,11D,12D,13D,14D,15D,16D,17D,18D,19D,20D,21D,22D,23D,24D,25D,28D,29D,32D,33D,34D,35D,36D,37D,40D,41D,42D,43D,44D,45D,46D,47D,48D,49D,50D,51D,52D,53D,63D,64D. The SMILES string of the molecule is [2H]c1c([2H])c([2H])c(-c2cnc(-n3c4ccccc4c4ccc(Oc5cccc(-n6[c-][n+](-c7c(-c8c([2H])c([2H])c([2H])c([2H])c8[2H])cccc7-c7c([2H])c([2H])c([2H])c([Si](c8c([2H])c([2H])c([2H])c([2H])c8[2H])(c8c([2H])c([2H])c([2H])c([2H])c8[2H])c8c([2H])c([2H])c([2H])c([2H])c8[2H])c7[2H])c7ccc(-c8c([2H])c([2H])c([2H])c([Si](c9c([2H])c([2H])c([2H])c([2H])c9[2H])(c9c([2H])c([2H])c([2H])c([2H])c9[2H])c9c([2H])c([2H])c([2H])c([2H])c9[2H])c8[2H])cc76)c5)cc43)cc2C([2H])([2H])[2H])c([2H])c1[2H]. The minimum Gasteiger partial charge on any atom is -0.458 e. The maximum Gasteiger partial charge on any atom is 0.269 e. The van der Waals surface area contributed by atoms with Crippen molar-refractivity contribution >= 4 is 90.5 Å². The fourth-order valence-electron chi connectivity index (χ4n) is 12.9. The smallest absolute Gasteiger partial charge is 0.269 e. The van der Waals surface area contributed by atoms with Gasteiger partial charge in [-0.05, 0) is 141 Å². The first-order valence-electron chi connectivity index (χ1n) is 56.9. The summed E-state index contributed by atoms with van der Waals surface area (Å²) in [5, 5.41) is -8.92. The van der Waals surface area contributed by atoms with Crippen LogP contribution in [0.4, 0.5) is 0 Å². The molecule has 18 aromatic rings. The molecule has 0 atom stereocenters. The average molecular weight is 1420 g/mol. The molecule has 0 amide bonds. The lowest BCUT2D eigenvalue weighted by Gasteiger charge is -2.34. The number of fused-ring (bicyclic) bond motifs is 4. The Morgan fingerprint density at radius 3 is 1.38 bits per heavy atom. The van der Waals surface area contributed by atoms with E-state index < -0.39 is 405 Å². The number of rotatable bonds is 17.